The van der Waals surface area contributed by atoms with Gasteiger partial charge in [-0.3, -0.25) is 9.20 Å². The Morgan fingerprint density at radius 2 is 1.93 bits per heavy atom. The van der Waals surface area contributed by atoms with Crippen molar-refractivity contribution in [1.82, 2.24) is 14.4 Å². The smallest absolute Gasteiger partial charge is 0.255 e. The third-order valence-corrected chi connectivity index (χ3v) is 4.67. The molecule has 0 fully saturated rings. The highest BCUT2D eigenvalue weighted by molar-refractivity contribution is 6.34. The number of amides is 1. The molecular formula is C21H17ClN4O. The average Bonchev–Trinajstić information content (AvgIpc) is 3.07. The van der Waals surface area contributed by atoms with E-state index < -0.39 is 0 Å². The van der Waals surface area contributed by atoms with E-state index in [4.69, 9.17) is 11.6 Å². The molecule has 134 valence electrons. The van der Waals surface area contributed by atoms with Gasteiger partial charge in [0.2, 0.25) is 5.78 Å². The molecule has 6 heteroatoms. The molecule has 2 aromatic carbocycles. The first-order valence-electron chi connectivity index (χ1n) is 8.49. The SMILES string of the molecule is Cc1cnc2nc(-c3ccc(Cl)c(NC(=O)c4ccccc4C)c3)cn2c1. The maximum absolute atomic E-state index is 12.6. The number of hydrogen-bond donors (Lipinski definition) is 1. The monoisotopic (exact) mass is 376 g/mol. The van der Waals surface area contributed by atoms with E-state index >= 15 is 0 Å². The van der Waals surface area contributed by atoms with E-state index in [2.05, 4.69) is 15.3 Å². The van der Waals surface area contributed by atoms with E-state index in [1.165, 1.54) is 0 Å². The zero-order valence-electron chi connectivity index (χ0n) is 14.9. The standard InChI is InChI=1S/C21H17ClN4O/c1-13-10-23-21-25-19(12-26(21)11-13)15-7-8-17(22)18(9-15)24-20(27)16-6-4-3-5-14(16)2/h3-12H,1-2H3,(H,24,27). The maximum atomic E-state index is 12.6. The van der Waals surface area contributed by atoms with Gasteiger partial charge in [-0.15, -0.1) is 0 Å². The van der Waals surface area contributed by atoms with E-state index in [-0.39, 0.29) is 5.91 Å². The summed E-state index contributed by atoms with van der Waals surface area (Å²) in [7, 11) is 0. The summed E-state index contributed by atoms with van der Waals surface area (Å²) >= 11 is 6.30. The second-order valence-electron chi connectivity index (χ2n) is 6.43. The fourth-order valence-corrected chi connectivity index (χ4v) is 3.09. The lowest BCUT2D eigenvalue weighted by molar-refractivity contribution is 0.102. The lowest BCUT2D eigenvalue weighted by Gasteiger charge is -2.10. The molecule has 0 aliphatic carbocycles. The third kappa shape index (κ3) is 3.41. The Labute approximate surface area is 161 Å². The molecule has 4 aromatic rings. The number of rotatable bonds is 3. The summed E-state index contributed by atoms with van der Waals surface area (Å²) in [5.74, 6) is 0.426. The van der Waals surface area contributed by atoms with Gasteiger partial charge in [0.1, 0.15) is 0 Å². The van der Waals surface area contributed by atoms with Crippen LogP contribution in [0.4, 0.5) is 5.69 Å². The van der Waals surface area contributed by atoms with Gasteiger partial charge in [0, 0.05) is 29.7 Å². The number of carbonyl (C=O) groups excluding carboxylic acids is 1. The van der Waals surface area contributed by atoms with Gasteiger partial charge in [-0.1, -0.05) is 35.9 Å². The number of anilines is 1. The van der Waals surface area contributed by atoms with E-state index in [1.807, 2.05) is 61.0 Å². The number of aromatic nitrogens is 3. The normalized spacial score (nSPS) is 10.9. The molecule has 27 heavy (non-hydrogen) atoms. The lowest BCUT2D eigenvalue weighted by atomic mass is 10.1. The molecule has 0 bridgehead atoms. The zero-order chi connectivity index (χ0) is 19.0. The molecule has 0 saturated carbocycles. The van der Waals surface area contributed by atoms with Crippen molar-refractivity contribution in [1.29, 1.82) is 0 Å². The van der Waals surface area contributed by atoms with Gasteiger partial charge < -0.3 is 5.32 Å². The Balaban J connectivity index is 1.68. The number of benzene rings is 2. The van der Waals surface area contributed by atoms with Gasteiger partial charge in [-0.25, -0.2) is 9.97 Å². The number of aryl methyl sites for hydroxylation is 2. The molecule has 0 aliphatic heterocycles. The minimum absolute atomic E-state index is 0.195. The summed E-state index contributed by atoms with van der Waals surface area (Å²) in [4.78, 5) is 21.5. The molecule has 0 unspecified atom stereocenters. The van der Waals surface area contributed by atoms with Crippen molar-refractivity contribution in [3.05, 3.63) is 82.8 Å². The Hall–Kier alpha value is -3.18. The van der Waals surface area contributed by atoms with Crippen LogP contribution in [-0.4, -0.2) is 20.3 Å². The summed E-state index contributed by atoms with van der Waals surface area (Å²) in [6, 6.07) is 12.9. The van der Waals surface area contributed by atoms with Crippen molar-refractivity contribution in [3.8, 4) is 11.3 Å². The van der Waals surface area contributed by atoms with E-state index in [0.29, 0.717) is 22.1 Å². The van der Waals surface area contributed by atoms with Gasteiger partial charge >= 0.3 is 0 Å². The predicted molar refractivity (Wildman–Crippen MR) is 107 cm³/mol. The number of fused-ring (bicyclic) bond motifs is 1. The van der Waals surface area contributed by atoms with Crippen LogP contribution in [0.1, 0.15) is 21.5 Å². The molecule has 1 N–H and O–H groups in total. The highest BCUT2D eigenvalue weighted by atomic mass is 35.5. The molecule has 0 aliphatic rings. The Morgan fingerprint density at radius 3 is 2.74 bits per heavy atom. The van der Waals surface area contributed by atoms with Crippen LogP contribution in [0.2, 0.25) is 5.02 Å². The molecule has 5 nitrogen and oxygen atoms in total. The van der Waals surface area contributed by atoms with Gasteiger partial charge in [-0.05, 0) is 43.2 Å². The zero-order valence-corrected chi connectivity index (χ0v) is 15.7. The second kappa shape index (κ2) is 6.85. The van der Waals surface area contributed by atoms with Gasteiger partial charge in [0.05, 0.1) is 16.4 Å². The van der Waals surface area contributed by atoms with Crippen molar-refractivity contribution >= 4 is 29.0 Å². The fourth-order valence-electron chi connectivity index (χ4n) is 2.92. The number of hydrogen-bond acceptors (Lipinski definition) is 3. The topological polar surface area (TPSA) is 59.3 Å². The number of halogens is 1. The van der Waals surface area contributed by atoms with Crippen LogP contribution in [0.25, 0.3) is 17.0 Å². The maximum Gasteiger partial charge on any atom is 0.255 e. The van der Waals surface area contributed by atoms with Crippen LogP contribution in [-0.2, 0) is 0 Å². The lowest BCUT2D eigenvalue weighted by Crippen LogP contribution is -2.13. The summed E-state index contributed by atoms with van der Waals surface area (Å²) < 4.78 is 1.88. The van der Waals surface area contributed by atoms with Gasteiger partial charge in [0.15, 0.2) is 0 Å². The van der Waals surface area contributed by atoms with Crippen molar-refractivity contribution in [3.63, 3.8) is 0 Å². The summed E-state index contributed by atoms with van der Waals surface area (Å²) in [5.41, 5.74) is 4.73. The third-order valence-electron chi connectivity index (χ3n) is 4.34. The molecule has 2 heterocycles. The van der Waals surface area contributed by atoms with E-state index in [9.17, 15) is 4.79 Å². The minimum atomic E-state index is -0.195. The van der Waals surface area contributed by atoms with Crippen molar-refractivity contribution in [2.24, 2.45) is 0 Å². The first-order chi connectivity index (χ1) is 13.0. The van der Waals surface area contributed by atoms with Crippen LogP contribution in [0, 0.1) is 13.8 Å². The van der Waals surface area contributed by atoms with E-state index in [0.717, 1.165) is 22.4 Å². The molecular weight excluding hydrogens is 360 g/mol. The van der Waals surface area contributed by atoms with Crippen LogP contribution in [0.15, 0.2) is 61.1 Å². The summed E-state index contributed by atoms with van der Waals surface area (Å²) in [5, 5.41) is 3.37. The minimum Gasteiger partial charge on any atom is -0.321 e. The van der Waals surface area contributed by atoms with Crippen LogP contribution in [0.5, 0.6) is 0 Å². The fraction of sp³-hybridized carbons (Fsp3) is 0.0952. The molecule has 4 rings (SSSR count). The quantitative estimate of drug-likeness (QED) is 0.552. The highest BCUT2D eigenvalue weighted by Gasteiger charge is 2.13. The number of nitrogens with one attached hydrogen (secondary N) is 1. The Morgan fingerprint density at radius 1 is 1.11 bits per heavy atom. The second-order valence-corrected chi connectivity index (χ2v) is 6.84. The molecule has 0 radical (unpaired) electrons. The predicted octanol–water partition coefficient (Wildman–Crippen LogP) is 4.92. The average molecular weight is 377 g/mol. The van der Waals surface area contributed by atoms with Crippen molar-refractivity contribution < 1.29 is 4.79 Å². The number of nitrogens with zero attached hydrogens (tertiary/aromatic N) is 3. The molecule has 1 amide bonds. The van der Waals surface area contributed by atoms with Crippen LogP contribution in [0.3, 0.4) is 0 Å². The largest absolute Gasteiger partial charge is 0.321 e. The molecule has 0 atom stereocenters. The van der Waals surface area contributed by atoms with Gasteiger partial charge in [0.25, 0.3) is 5.91 Å². The summed E-state index contributed by atoms with van der Waals surface area (Å²) in [6.45, 7) is 3.88. The van der Waals surface area contributed by atoms with Gasteiger partial charge in [-0.2, -0.15) is 0 Å². The number of imidazole rings is 1. The van der Waals surface area contributed by atoms with Crippen LogP contribution >= 0.6 is 11.6 Å². The first-order valence-corrected chi connectivity index (χ1v) is 8.87. The van der Waals surface area contributed by atoms with E-state index in [1.54, 1.807) is 18.3 Å². The molecule has 0 spiro atoms. The number of carbonyl (C=O) groups is 1. The Kier molecular flexibility index (Phi) is 4.38. The summed E-state index contributed by atoms with van der Waals surface area (Å²) in [6.07, 6.45) is 5.66. The van der Waals surface area contributed by atoms with Crippen LogP contribution < -0.4 is 5.32 Å². The molecule has 2 aromatic heterocycles. The highest BCUT2D eigenvalue weighted by Crippen LogP contribution is 2.29. The van der Waals surface area contributed by atoms with Crippen molar-refractivity contribution in [2.75, 3.05) is 5.32 Å². The Bertz CT molecular complexity index is 1170. The van der Waals surface area contributed by atoms with Crippen molar-refractivity contribution in [2.45, 2.75) is 13.8 Å². The first kappa shape index (κ1) is 17.2. The molecule has 0 saturated heterocycles.